The third-order valence-electron chi connectivity index (χ3n) is 3.36. The maximum Gasteiger partial charge on any atom is 0.332 e. The van der Waals surface area contributed by atoms with Crippen LogP contribution in [-0.2, 0) is 5.41 Å². The minimum atomic E-state index is -0.561. The van der Waals surface area contributed by atoms with E-state index in [1.54, 1.807) is 6.07 Å². The van der Waals surface area contributed by atoms with Crippen LogP contribution in [0.15, 0.2) is 34.0 Å². The molecule has 0 bridgehead atoms. The number of aldehydes is 1. The largest absolute Gasteiger partial charge is 0.496 e. The summed E-state index contributed by atoms with van der Waals surface area (Å²) in [6.07, 6.45) is 1.94. The molecule has 0 saturated carbocycles. The van der Waals surface area contributed by atoms with E-state index in [0.29, 0.717) is 23.3 Å². The Hall–Kier alpha value is -2.63. The Bertz CT molecular complexity index is 797. The van der Waals surface area contributed by atoms with Gasteiger partial charge >= 0.3 is 5.69 Å². The Balaban J connectivity index is 2.88. The number of methoxy groups -OCH3 is 1. The molecule has 0 fully saturated rings. The highest BCUT2D eigenvalue weighted by molar-refractivity contribution is 5.82. The molecule has 1 aromatic carbocycles. The lowest BCUT2D eigenvalue weighted by Crippen LogP contribution is -2.32. The number of ether oxygens (including phenoxy) is 1. The van der Waals surface area contributed by atoms with Crippen LogP contribution in [0.1, 0.15) is 36.7 Å². The SMILES string of the molecule is COc1c(C=O)cc(-n2c(=O)cc[nH]c2=O)cc1C(C)(C)C. The second-order valence-corrected chi connectivity index (χ2v) is 5.94. The summed E-state index contributed by atoms with van der Waals surface area (Å²) in [5.41, 5.74) is 0.00840. The zero-order valence-electron chi connectivity index (χ0n) is 13.0. The average Bonchev–Trinajstić information content (AvgIpc) is 2.45. The van der Waals surface area contributed by atoms with Crippen LogP contribution in [0.25, 0.3) is 5.69 Å². The topological polar surface area (TPSA) is 81.2 Å². The molecule has 0 amide bonds. The van der Waals surface area contributed by atoms with Crippen LogP contribution in [0.2, 0.25) is 0 Å². The van der Waals surface area contributed by atoms with E-state index in [9.17, 15) is 14.4 Å². The summed E-state index contributed by atoms with van der Waals surface area (Å²) in [6, 6.07) is 4.42. The predicted octanol–water partition coefficient (Wildman–Crippen LogP) is 1.64. The third-order valence-corrected chi connectivity index (χ3v) is 3.36. The van der Waals surface area contributed by atoms with Gasteiger partial charge in [-0.1, -0.05) is 20.8 Å². The molecule has 2 aromatic rings. The summed E-state index contributed by atoms with van der Waals surface area (Å²) in [5, 5.41) is 0. The second kappa shape index (κ2) is 5.63. The lowest BCUT2D eigenvalue weighted by atomic mass is 9.85. The molecule has 0 spiro atoms. The highest BCUT2D eigenvalue weighted by atomic mass is 16.5. The monoisotopic (exact) mass is 302 g/mol. The van der Waals surface area contributed by atoms with Crippen molar-refractivity contribution in [3.63, 3.8) is 0 Å². The van der Waals surface area contributed by atoms with Gasteiger partial charge < -0.3 is 9.72 Å². The number of rotatable bonds is 3. The number of aromatic amines is 1. The van der Waals surface area contributed by atoms with E-state index in [1.807, 2.05) is 20.8 Å². The van der Waals surface area contributed by atoms with Crippen LogP contribution in [-0.4, -0.2) is 22.9 Å². The van der Waals surface area contributed by atoms with Gasteiger partial charge in [0.25, 0.3) is 5.56 Å². The molecule has 1 heterocycles. The number of aromatic nitrogens is 2. The van der Waals surface area contributed by atoms with Gasteiger partial charge in [0, 0.05) is 17.8 Å². The van der Waals surface area contributed by atoms with Gasteiger partial charge in [0.1, 0.15) is 5.75 Å². The van der Waals surface area contributed by atoms with E-state index in [0.717, 1.165) is 10.1 Å². The van der Waals surface area contributed by atoms with Gasteiger partial charge in [-0.2, -0.15) is 0 Å². The van der Waals surface area contributed by atoms with Crippen LogP contribution in [0.3, 0.4) is 0 Å². The molecular formula is C16H18N2O4. The van der Waals surface area contributed by atoms with Crippen molar-refractivity contribution in [2.75, 3.05) is 7.11 Å². The van der Waals surface area contributed by atoms with Crippen molar-refractivity contribution in [3.05, 3.63) is 56.4 Å². The average molecular weight is 302 g/mol. The molecule has 116 valence electrons. The fraction of sp³-hybridized carbons (Fsp3) is 0.312. The molecule has 0 radical (unpaired) electrons. The van der Waals surface area contributed by atoms with Crippen molar-refractivity contribution in [3.8, 4) is 11.4 Å². The number of nitrogens with one attached hydrogen (secondary N) is 1. The van der Waals surface area contributed by atoms with Crippen LogP contribution in [0, 0.1) is 0 Å². The number of carbonyl (C=O) groups excluding carboxylic acids is 1. The van der Waals surface area contributed by atoms with Crippen LogP contribution in [0.4, 0.5) is 0 Å². The van der Waals surface area contributed by atoms with Gasteiger partial charge in [0.05, 0.1) is 18.4 Å². The predicted molar refractivity (Wildman–Crippen MR) is 83.3 cm³/mol. The first-order valence-electron chi connectivity index (χ1n) is 6.78. The summed E-state index contributed by atoms with van der Waals surface area (Å²) in [5.74, 6) is 0.451. The molecule has 0 aliphatic carbocycles. The van der Waals surface area contributed by atoms with E-state index in [-0.39, 0.29) is 5.41 Å². The van der Waals surface area contributed by atoms with Gasteiger partial charge in [0.2, 0.25) is 0 Å². The fourth-order valence-electron chi connectivity index (χ4n) is 2.30. The standard InChI is InChI=1S/C16H18N2O4/c1-16(2,3)12-8-11(7-10(9-19)14(12)22-4)18-13(20)5-6-17-15(18)21/h5-9H,1-4H3,(H,17,21). The lowest BCUT2D eigenvalue weighted by molar-refractivity contribution is 0.112. The minimum absolute atomic E-state index is 0.292. The van der Waals surface area contributed by atoms with Crippen molar-refractivity contribution < 1.29 is 9.53 Å². The molecule has 0 atom stereocenters. The molecule has 1 aromatic heterocycles. The smallest absolute Gasteiger partial charge is 0.332 e. The number of benzene rings is 1. The Morgan fingerprint density at radius 1 is 1.23 bits per heavy atom. The molecule has 6 heteroatoms. The summed E-state index contributed by atoms with van der Waals surface area (Å²) in [7, 11) is 1.48. The van der Waals surface area contributed by atoms with Gasteiger partial charge in [-0.15, -0.1) is 0 Å². The van der Waals surface area contributed by atoms with E-state index >= 15 is 0 Å². The second-order valence-electron chi connectivity index (χ2n) is 5.94. The van der Waals surface area contributed by atoms with Crippen molar-refractivity contribution in [1.82, 2.24) is 9.55 Å². The lowest BCUT2D eigenvalue weighted by Gasteiger charge is -2.24. The minimum Gasteiger partial charge on any atom is -0.496 e. The molecule has 0 unspecified atom stereocenters. The molecule has 0 aliphatic heterocycles. The fourth-order valence-corrected chi connectivity index (χ4v) is 2.30. The van der Waals surface area contributed by atoms with Gasteiger partial charge in [-0.25, -0.2) is 9.36 Å². The van der Waals surface area contributed by atoms with Gasteiger partial charge in [0.15, 0.2) is 6.29 Å². The Morgan fingerprint density at radius 3 is 2.41 bits per heavy atom. The van der Waals surface area contributed by atoms with E-state index in [1.165, 1.54) is 25.4 Å². The molecule has 22 heavy (non-hydrogen) atoms. The summed E-state index contributed by atoms with van der Waals surface area (Å²) < 4.78 is 6.33. The van der Waals surface area contributed by atoms with Crippen molar-refractivity contribution in [2.45, 2.75) is 26.2 Å². The highest BCUT2D eigenvalue weighted by Crippen LogP contribution is 2.35. The zero-order valence-corrected chi connectivity index (χ0v) is 13.0. The quantitative estimate of drug-likeness (QED) is 0.874. The maximum atomic E-state index is 12.0. The molecule has 0 saturated heterocycles. The first-order chi connectivity index (χ1) is 10.3. The van der Waals surface area contributed by atoms with Gasteiger partial charge in [-0.3, -0.25) is 9.59 Å². The van der Waals surface area contributed by atoms with Gasteiger partial charge in [-0.05, 0) is 17.5 Å². The number of carbonyl (C=O) groups is 1. The van der Waals surface area contributed by atoms with Crippen molar-refractivity contribution >= 4 is 6.29 Å². The zero-order chi connectivity index (χ0) is 16.5. The Morgan fingerprint density at radius 2 is 1.91 bits per heavy atom. The van der Waals surface area contributed by atoms with E-state index in [4.69, 9.17) is 4.74 Å². The van der Waals surface area contributed by atoms with E-state index < -0.39 is 11.2 Å². The Labute approximate surface area is 127 Å². The maximum absolute atomic E-state index is 12.0. The van der Waals surface area contributed by atoms with E-state index in [2.05, 4.69) is 4.98 Å². The van der Waals surface area contributed by atoms with Crippen LogP contribution >= 0.6 is 0 Å². The van der Waals surface area contributed by atoms with Crippen molar-refractivity contribution in [2.24, 2.45) is 0 Å². The summed E-state index contributed by atoms with van der Waals surface area (Å²) in [6.45, 7) is 5.88. The molecule has 1 N–H and O–H groups in total. The third kappa shape index (κ3) is 2.72. The number of hydrogen-bond donors (Lipinski definition) is 1. The number of nitrogens with zero attached hydrogens (tertiary/aromatic N) is 1. The molecule has 0 aliphatic rings. The van der Waals surface area contributed by atoms with Crippen LogP contribution in [0.5, 0.6) is 5.75 Å². The number of hydrogen-bond acceptors (Lipinski definition) is 4. The first-order valence-corrected chi connectivity index (χ1v) is 6.78. The van der Waals surface area contributed by atoms with Crippen LogP contribution < -0.4 is 16.0 Å². The molecule has 2 rings (SSSR count). The molecule has 6 nitrogen and oxygen atoms in total. The van der Waals surface area contributed by atoms with Crippen molar-refractivity contribution in [1.29, 1.82) is 0 Å². The first kappa shape index (κ1) is 15.8. The number of H-pyrrole nitrogens is 1. The summed E-state index contributed by atoms with van der Waals surface area (Å²) in [4.78, 5) is 37.7. The highest BCUT2D eigenvalue weighted by Gasteiger charge is 2.23. The Kier molecular flexibility index (Phi) is 4.03. The summed E-state index contributed by atoms with van der Waals surface area (Å²) >= 11 is 0. The normalized spacial score (nSPS) is 11.3. The molecular weight excluding hydrogens is 284 g/mol.